The van der Waals surface area contributed by atoms with Crippen molar-refractivity contribution in [3.05, 3.63) is 35.9 Å². The minimum absolute atomic E-state index is 0.110. The van der Waals surface area contributed by atoms with E-state index in [9.17, 15) is 22.8 Å². The van der Waals surface area contributed by atoms with Crippen molar-refractivity contribution in [2.45, 2.75) is 12.6 Å². The van der Waals surface area contributed by atoms with Gasteiger partial charge in [0.2, 0.25) is 0 Å². The van der Waals surface area contributed by atoms with Crippen LogP contribution in [0.2, 0.25) is 0 Å². The van der Waals surface area contributed by atoms with E-state index in [-0.39, 0.29) is 29.0 Å². The van der Waals surface area contributed by atoms with Crippen LogP contribution in [0.5, 0.6) is 11.5 Å². The number of methoxy groups -OCH3 is 1. The van der Waals surface area contributed by atoms with Gasteiger partial charge in [0.15, 0.2) is 11.5 Å². The molecule has 0 aliphatic heterocycles. The molecule has 0 atom stereocenters. The van der Waals surface area contributed by atoms with Crippen LogP contribution in [0, 0.1) is 0 Å². The fourth-order valence-electron chi connectivity index (χ4n) is 1.48. The van der Waals surface area contributed by atoms with Crippen LogP contribution in [0.4, 0.5) is 13.2 Å². The summed E-state index contributed by atoms with van der Waals surface area (Å²) in [7, 11) is 1.19. The number of carbonyl (C=O) groups excluding carboxylic acids is 2. The van der Waals surface area contributed by atoms with Crippen LogP contribution in [0.3, 0.4) is 0 Å². The van der Waals surface area contributed by atoms with Crippen molar-refractivity contribution >= 4 is 12.3 Å². The Balaban J connectivity index is 3.30. The zero-order valence-corrected chi connectivity index (χ0v) is 10.5. The van der Waals surface area contributed by atoms with Gasteiger partial charge in [-0.2, -0.15) is 13.2 Å². The average molecular weight is 288 g/mol. The summed E-state index contributed by atoms with van der Waals surface area (Å²) in [5, 5.41) is 0. The van der Waals surface area contributed by atoms with Crippen LogP contribution in [-0.2, 0) is 11.2 Å². The first-order valence-electron chi connectivity index (χ1n) is 5.39. The Morgan fingerprint density at radius 2 is 2.05 bits per heavy atom. The fourth-order valence-corrected chi connectivity index (χ4v) is 1.48. The van der Waals surface area contributed by atoms with E-state index in [1.165, 1.54) is 25.3 Å². The number of alkyl halides is 3. The molecule has 4 nitrogen and oxygen atoms in total. The third-order valence-corrected chi connectivity index (χ3v) is 2.30. The quantitative estimate of drug-likeness (QED) is 0.362. The summed E-state index contributed by atoms with van der Waals surface area (Å²) in [6.07, 6.45) is -3.11. The van der Waals surface area contributed by atoms with Gasteiger partial charge < -0.3 is 9.47 Å². The van der Waals surface area contributed by atoms with E-state index in [0.29, 0.717) is 6.29 Å². The van der Waals surface area contributed by atoms with Crippen molar-refractivity contribution < 1.29 is 32.2 Å². The van der Waals surface area contributed by atoms with E-state index in [0.717, 1.165) is 0 Å². The van der Waals surface area contributed by atoms with Crippen molar-refractivity contribution in [1.82, 2.24) is 0 Å². The molecule has 1 rings (SSSR count). The number of rotatable bonds is 5. The molecule has 0 saturated heterocycles. The van der Waals surface area contributed by atoms with Gasteiger partial charge in [-0.1, -0.05) is 6.08 Å². The summed E-state index contributed by atoms with van der Waals surface area (Å²) in [6.45, 7) is 3.44. The van der Waals surface area contributed by atoms with E-state index in [2.05, 4.69) is 11.3 Å². The topological polar surface area (TPSA) is 52.6 Å². The molecule has 0 heterocycles. The molecule has 0 bridgehead atoms. The highest BCUT2D eigenvalue weighted by Gasteiger charge is 2.42. The molecule has 20 heavy (non-hydrogen) atoms. The Hall–Kier alpha value is -2.31. The molecule has 108 valence electrons. The summed E-state index contributed by atoms with van der Waals surface area (Å²) in [5.74, 6) is -2.87. The Bertz CT molecular complexity index is 535. The lowest BCUT2D eigenvalue weighted by molar-refractivity contribution is -0.189. The number of aldehydes is 1. The van der Waals surface area contributed by atoms with Gasteiger partial charge in [0, 0.05) is 11.1 Å². The molecular formula is C13H11F3O4. The summed E-state index contributed by atoms with van der Waals surface area (Å²) in [4.78, 5) is 21.7. The predicted molar refractivity (Wildman–Crippen MR) is 64.0 cm³/mol. The standard InChI is InChI=1S/C13H11F3O4/c1-3-4-9-5-8(7-17)6-10(19-2)11(9)20-12(18)13(14,15)16/h3,5-7H,1,4H2,2H3. The Kier molecular flexibility index (Phi) is 4.90. The molecule has 0 spiro atoms. The second-order valence-electron chi connectivity index (χ2n) is 3.71. The van der Waals surface area contributed by atoms with Gasteiger partial charge in [-0.05, 0) is 18.6 Å². The third kappa shape index (κ3) is 3.59. The molecule has 0 aliphatic carbocycles. The van der Waals surface area contributed by atoms with E-state index in [1.54, 1.807) is 0 Å². The van der Waals surface area contributed by atoms with Crippen LogP contribution in [0.25, 0.3) is 0 Å². The number of benzene rings is 1. The van der Waals surface area contributed by atoms with Crippen LogP contribution < -0.4 is 9.47 Å². The van der Waals surface area contributed by atoms with E-state index < -0.39 is 12.1 Å². The normalized spacial score (nSPS) is 10.8. The highest BCUT2D eigenvalue weighted by atomic mass is 19.4. The maximum absolute atomic E-state index is 12.2. The predicted octanol–water partition coefficient (Wildman–Crippen LogP) is 2.70. The van der Waals surface area contributed by atoms with Gasteiger partial charge >= 0.3 is 12.1 Å². The average Bonchev–Trinajstić information content (AvgIpc) is 2.39. The first-order valence-corrected chi connectivity index (χ1v) is 5.39. The van der Waals surface area contributed by atoms with Crippen LogP contribution >= 0.6 is 0 Å². The van der Waals surface area contributed by atoms with Gasteiger partial charge in [0.1, 0.15) is 6.29 Å². The number of allylic oxidation sites excluding steroid dienone is 1. The van der Waals surface area contributed by atoms with Gasteiger partial charge in [-0.15, -0.1) is 6.58 Å². The van der Waals surface area contributed by atoms with Crippen molar-refractivity contribution in [3.8, 4) is 11.5 Å². The van der Waals surface area contributed by atoms with Gasteiger partial charge in [-0.3, -0.25) is 4.79 Å². The number of esters is 1. The maximum atomic E-state index is 12.2. The summed E-state index contributed by atoms with van der Waals surface area (Å²) in [6, 6.07) is 2.48. The maximum Gasteiger partial charge on any atom is 0.491 e. The molecule has 0 unspecified atom stereocenters. The lowest BCUT2D eigenvalue weighted by Crippen LogP contribution is -2.28. The Morgan fingerprint density at radius 3 is 2.50 bits per heavy atom. The van der Waals surface area contributed by atoms with Crippen molar-refractivity contribution in [2.75, 3.05) is 7.11 Å². The number of hydrogen-bond acceptors (Lipinski definition) is 4. The molecule has 0 fully saturated rings. The van der Waals surface area contributed by atoms with E-state index in [4.69, 9.17) is 4.74 Å². The van der Waals surface area contributed by atoms with Crippen molar-refractivity contribution in [2.24, 2.45) is 0 Å². The zero-order valence-electron chi connectivity index (χ0n) is 10.5. The Labute approximate surface area is 112 Å². The fraction of sp³-hybridized carbons (Fsp3) is 0.231. The molecule has 7 heteroatoms. The van der Waals surface area contributed by atoms with Crippen LogP contribution in [0.15, 0.2) is 24.8 Å². The van der Waals surface area contributed by atoms with Gasteiger partial charge in [0.05, 0.1) is 7.11 Å². The second kappa shape index (κ2) is 6.23. The lowest BCUT2D eigenvalue weighted by atomic mass is 10.1. The number of ether oxygens (including phenoxy) is 2. The number of carbonyl (C=O) groups is 2. The molecule has 0 aromatic heterocycles. The number of hydrogen-bond donors (Lipinski definition) is 0. The molecule has 1 aromatic carbocycles. The molecule has 0 saturated carbocycles. The summed E-state index contributed by atoms with van der Waals surface area (Å²) < 4.78 is 45.9. The van der Waals surface area contributed by atoms with Gasteiger partial charge in [0.25, 0.3) is 0 Å². The molecule has 0 aliphatic rings. The third-order valence-electron chi connectivity index (χ3n) is 2.30. The smallest absolute Gasteiger partial charge is 0.491 e. The van der Waals surface area contributed by atoms with Crippen LogP contribution in [-0.4, -0.2) is 25.5 Å². The number of halogens is 3. The zero-order chi connectivity index (χ0) is 15.3. The minimum Gasteiger partial charge on any atom is -0.493 e. The SMILES string of the molecule is C=CCc1cc(C=O)cc(OC)c1OC(=O)C(F)(F)F. The molecule has 0 N–H and O–H groups in total. The Morgan fingerprint density at radius 1 is 1.40 bits per heavy atom. The molecule has 0 radical (unpaired) electrons. The monoisotopic (exact) mass is 288 g/mol. The second-order valence-corrected chi connectivity index (χ2v) is 3.71. The highest BCUT2D eigenvalue weighted by molar-refractivity contribution is 5.81. The summed E-state index contributed by atoms with van der Waals surface area (Å²) >= 11 is 0. The highest BCUT2D eigenvalue weighted by Crippen LogP contribution is 2.34. The largest absolute Gasteiger partial charge is 0.493 e. The van der Waals surface area contributed by atoms with Crippen LogP contribution in [0.1, 0.15) is 15.9 Å². The van der Waals surface area contributed by atoms with E-state index in [1.807, 2.05) is 0 Å². The van der Waals surface area contributed by atoms with Crippen molar-refractivity contribution in [1.29, 1.82) is 0 Å². The minimum atomic E-state index is -5.13. The first-order chi connectivity index (χ1) is 9.33. The lowest BCUT2D eigenvalue weighted by Gasteiger charge is -2.14. The van der Waals surface area contributed by atoms with Crippen molar-refractivity contribution in [3.63, 3.8) is 0 Å². The molecule has 1 aromatic rings. The van der Waals surface area contributed by atoms with Gasteiger partial charge in [-0.25, -0.2) is 4.79 Å². The molecular weight excluding hydrogens is 277 g/mol. The summed E-state index contributed by atoms with van der Waals surface area (Å²) in [5.41, 5.74) is 0.379. The van der Waals surface area contributed by atoms with E-state index >= 15 is 0 Å². The molecule has 0 amide bonds. The first kappa shape index (κ1) is 15.7.